The fourth-order valence-corrected chi connectivity index (χ4v) is 4.87. The molecule has 0 bridgehead atoms. The second-order valence-corrected chi connectivity index (χ2v) is 9.82. The van der Waals surface area contributed by atoms with Crippen LogP contribution in [-0.4, -0.2) is 47.5 Å². The summed E-state index contributed by atoms with van der Waals surface area (Å²) >= 11 is 1.68. The number of aliphatic hydroxyl groups is 1. The SMILES string of the molecule is CC.NS(=O)OCC1CCC(Nc2ncncc2C(=O)c2cc(CO)n(Cc3cccc(Br)c3)n2)C1. The Morgan fingerprint density at radius 1 is 1.33 bits per heavy atom. The number of rotatable bonds is 10. The van der Waals surface area contributed by atoms with Gasteiger partial charge in [-0.25, -0.2) is 19.3 Å². The Morgan fingerprint density at radius 3 is 2.86 bits per heavy atom. The van der Waals surface area contributed by atoms with E-state index in [1.807, 2.05) is 38.1 Å². The molecule has 0 aliphatic heterocycles. The van der Waals surface area contributed by atoms with E-state index in [1.54, 1.807) is 10.7 Å². The Morgan fingerprint density at radius 2 is 2.14 bits per heavy atom. The summed E-state index contributed by atoms with van der Waals surface area (Å²) in [4.78, 5) is 21.6. The van der Waals surface area contributed by atoms with Crippen LogP contribution < -0.4 is 10.5 Å². The van der Waals surface area contributed by atoms with Crippen LogP contribution in [0.1, 0.15) is 60.4 Å². The van der Waals surface area contributed by atoms with E-state index in [-0.39, 0.29) is 30.0 Å². The maximum absolute atomic E-state index is 13.3. The number of carbonyl (C=O) groups is 1. The van der Waals surface area contributed by atoms with Crippen molar-refractivity contribution in [2.75, 3.05) is 11.9 Å². The summed E-state index contributed by atoms with van der Waals surface area (Å²) in [5.74, 6) is 0.329. The Kier molecular flexibility index (Phi) is 10.7. The van der Waals surface area contributed by atoms with Crippen LogP contribution in [0.15, 0.2) is 47.3 Å². The molecule has 0 radical (unpaired) electrons. The van der Waals surface area contributed by atoms with Gasteiger partial charge >= 0.3 is 0 Å². The molecule has 1 fully saturated rings. The number of benzene rings is 1. The number of hydrogen-bond donors (Lipinski definition) is 3. The van der Waals surface area contributed by atoms with Crippen LogP contribution >= 0.6 is 15.9 Å². The molecule has 0 spiro atoms. The van der Waals surface area contributed by atoms with Crippen molar-refractivity contribution in [3.05, 3.63) is 69.8 Å². The van der Waals surface area contributed by atoms with E-state index >= 15 is 0 Å². The first-order valence-electron chi connectivity index (χ1n) is 11.8. The zero-order valence-corrected chi connectivity index (χ0v) is 22.7. The van der Waals surface area contributed by atoms with Gasteiger partial charge in [0.2, 0.25) is 17.0 Å². The van der Waals surface area contributed by atoms with E-state index in [4.69, 9.17) is 9.32 Å². The van der Waals surface area contributed by atoms with E-state index in [9.17, 15) is 14.1 Å². The first-order valence-corrected chi connectivity index (χ1v) is 13.7. The Labute approximate surface area is 221 Å². The molecule has 36 heavy (non-hydrogen) atoms. The van der Waals surface area contributed by atoms with Crippen molar-refractivity contribution in [2.45, 2.75) is 52.3 Å². The van der Waals surface area contributed by atoms with Crippen LogP contribution in [0.2, 0.25) is 0 Å². The highest BCUT2D eigenvalue weighted by molar-refractivity contribution is 9.10. The molecule has 3 aromatic rings. The third kappa shape index (κ3) is 7.50. The monoisotopic (exact) mass is 578 g/mol. The van der Waals surface area contributed by atoms with Gasteiger partial charge in [-0.1, -0.05) is 41.9 Å². The van der Waals surface area contributed by atoms with Crippen molar-refractivity contribution >= 4 is 38.8 Å². The fourth-order valence-electron chi connectivity index (χ4n) is 4.10. The van der Waals surface area contributed by atoms with Crippen LogP contribution in [0.3, 0.4) is 0 Å². The van der Waals surface area contributed by atoms with Gasteiger partial charge in [0, 0.05) is 16.7 Å². The molecule has 0 saturated heterocycles. The molecular formula is C24H31BrN6O4S. The first-order chi connectivity index (χ1) is 17.4. The van der Waals surface area contributed by atoms with Crippen LogP contribution in [0.25, 0.3) is 0 Å². The van der Waals surface area contributed by atoms with Crippen molar-refractivity contribution in [1.82, 2.24) is 19.7 Å². The van der Waals surface area contributed by atoms with Crippen molar-refractivity contribution in [3.63, 3.8) is 0 Å². The molecule has 12 heteroatoms. The average molecular weight is 580 g/mol. The summed E-state index contributed by atoms with van der Waals surface area (Å²) in [7, 11) is 0. The molecule has 2 heterocycles. The lowest BCUT2D eigenvalue weighted by Crippen LogP contribution is -2.21. The number of anilines is 1. The number of nitrogens with zero attached hydrogens (tertiary/aromatic N) is 4. The van der Waals surface area contributed by atoms with E-state index in [0.717, 1.165) is 29.3 Å². The molecule has 0 amide bonds. The van der Waals surface area contributed by atoms with Gasteiger partial charge in [0.15, 0.2) is 0 Å². The molecule has 1 saturated carbocycles. The van der Waals surface area contributed by atoms with Crippen LogP contribution in [-0.2, 0) is 28.6 Å². The van der Waals surface area contributed by atoms with Gasteiger partial charge in [0.05, 0.1) is 31.0 Å². The predicted octanol–water partition coefficient (Wildman–Crippen LogP) is 3.37. The highest BCUT2D eigenvalue weighted by atomic mass is 79.9. The largest absolute Gasteiger partial charge is 0.390 e. The fraction of sp³-hybridized carbons (Fsp3) is 0.417. The Hall–Kier alpha value is -2.51. The van der Waals surface area contributed by atoms with E-state index in [1.165, 1.54) is 12.5 Å². The lowest BCUT2D eigenvalue weighted by atomic mass is 10.1. The molecule has 10 nitrogen and oxygen atoms in total. The van der Waals surface area contributed by atoms with Gasteiger partial charge in [0.1, 0.15) is 17.8 Å². The van der Waals surface area contributed by atoms with Crippen molar-refractivity contribution in [2.24, 2.45) is 11.1 Å². The topological polar surface area (TPSA) is 145 Å². The normalized spacial score (nSPS) is 17.8. The number of ketones is 1. The molecular weight excluding hydrogens is 548 g/mol. The van der Waals surface area contributed by atoms with Crippen molar-refractivity contribution in [1.29, 1.82) is 0 Å². The first kappa shape index (κ1) is 28.1. The maximum atomic E-state index is 13.3. The maximum Gasteiger partial charge on any atom is 0.231 e. The minimum atomic E-state index is -1.77. The summed E-state index contributed by atoms with van der Waals surface area (Å²) in [6.07, 6.45) is 5.39. The van der Waals surface area contributed by atoms with Crippen LogP contribution in [0.5, 0.6) is 0 Å². The minimum Gasteiger partial charge on any atom is -0.390 e. The van der Waals surface area contributed by atoms with Crippen molar-refractivity contribution < 1.29 is 18.3 Å². The summed E-state index contributed by atoms with van der Waals surface area (Å²) in [6.45, 7) is 4.50. The quantitative estimate of drug-likeness (QED) is 0.310. The van der Waals surface area contributed by atoms with Crippen molar-refractivity contribution in [3.8, 4) is 0 Å². The third-order valence-corrected chi connectivity index (χ3v) is 6.60. The zero-order chi connectivity index (χ0) is 26.1. The third-order valence-electron chi connectivity index (χ3n) is 5.74. The lowest BCUT2D eigenvalue weighted by Gasteiger charge is -2.15. The molecule has 194 valence electrons. The number of aromatic nitrogens is 4. The second kappa shape index (κ2) is 13.7. The number of halogens is 1. The number of hydrogen-bond acceptors (Lipinski definition) is 8. The van der Waals surface area contributed by atoms with Gasteiger partial charge < -0.3 is 10.4 Å². The molecule has 2 aromatic heterocycles. The highest BCUT2D eigenvalue weighted by Gasteiger charge is 2.27. The molecule has 3 atom stereocenters. The van der Waals surface area contributed by atoms with Crippen LogP contribution in [0.4, 0.5) is 5.82 Å². The van der Waals surface area contributed by atoms with Gasteiger partial charge in [-0.3, -0.25) is 13.7 Å². The summed E-state index contributed by atoms with van der Waals surface area (Å²) in [5.41, 5.74) is 2.03. The lowest BCUT2D eigenvalue weighted by molar-refractivity contribution is 0.103. The molecule has 1 aliphatic rings. The minimum absolute atomic E-state index is 0.0864. The number of nitrogens with one attached hydrogen (secondary N) is 1. The molecule has 1 aliphatic carbocycles. The van der Waals surface area contributed by atoms with Gasteiger partial charge in [-0.05, 0) is 48.9 Å². The van der Waals surface area contributed by atoms with Gasteiger partial charge in [-0.15, -0.1) is 0 Å². The number of nitrogens with two attached hydrogens (primary N) is 1. The smallest absolute Gasteiger partial charge is 0.231 e. The average Bonchev–Trinajstić information content (AvgIpc) is 3.50. The Bertz CT molecular complexity index is 1190. The highest BCUT2D eigenvalue weighted by Crippen LogP contribution is 2.29. The Balaban J connectivity index is 0.00000176. The number of carbonyl (C=O) groups excluding carboxylic acids is 1. The molecule has 4 rings (SSSR count). The van der Waals surface area contributed by atoms with Crippen LogP contribution in [0, 0.1) is 5.92 Å². The summed E-state index contributed by atoms with van der Waals surface area (Å²) in [5, 5.41) is 22.8. The summed E-state index contributed by atoms with van der Waals surface area (Å²) < 4.78 is 18.5. The van der Waals surface area contributed by atoms with E-state index < -0.39 is 11.3 Å². The zero-order valence-electron chi connectivity index (χ0n) is 20.3. The molecule has 4 N–H and O–H groups in total. The van der Waals surface area contributed by atoms with Gasteiger partial charge in [0.25, 0.3) is 0 Å². The predicted molar refractivity (Wildman–Crippen MR) is 141 cm³/mol. The van der Waals surface area contributed by atoms with Gasteiger partial charge in [-0.2, -0.15) is 5.10 Å². The van der Waals surface area contributed by atoms with E-state index in [0.29, 0.717) is 30.2 Å². The van der Waals surface area contributed by atoms with E-state index in [2.05, 4.69) is 36.3 Å². The number of aliphatic hydroxyl groups excluding tert-OH is 1. The molecule has 3 unspecified atom stereocenters. The second-order valence-electron chi connectivity index (χ2n) is 8.15. The standard InChI is InChI=1S/C22H25BrN6O4S.C2H6/c23-16-3-1-2-14(6-16)10-29-18(11-30)8-20(28-29)21(31)19-9-25-13-26-22(19)27-17-5-4-15(7-17)12-33-34(24)32;1-2/h1-3,6,8-9,13,15,17,30H,4-5,7,10-12,24H2,(H,25,26,27);1-2H3. The molecule has 1 aromatic carbocycles. The summed E-state index contributed by atoms with van der Waals surface area (Å²) in [6, 6.07) is 9.44.